The predicted octanol–water partition coefficient (Wildman–Crippen LogP) is 2.49. The molecule has 1 atom stereocenters. The Balaban J connectivity index is 2.10. The van der Waals surface area contributed by atoms with E-state index in [1.165, 1.54) is 52.7 Å². The van der Waals surface area contributed by atoms with Crippen LogP contribution in [0.25, 0.3) is 5.76 Å². The quantitative estimate of drug-likeness (QED) is 0.316. The summed E-state index contributed by atoms with van der Waals surface area (Å²) in [5.41, 5.74) is 0.483. The second-order valence-corrected chi connectivity index (χ2v) is 9.63. The van der Waals surface area contributed by atoms with Gasteiger partial charge in [0, 0.05) is 32.3 Å². The molecule has 1 aliphatic heterocycles. The van der Waals surface area contributed by atoms with E-state index in [1.807, 2.05) is 0 Å². The number of phenols is 1. The smallest absolute Gasteiger partial charge is 0.295 e. The van der Waals surface area contributed by atoms with Crippen molar-refractivity contribution in [1.82, 2.24) is 9.21 Å². The van der Waals surface area contributed by atoms with E-state index in [9.17, 15) is 28.2 Å². The lowest BCUT2D eigenvalue weighted by Gasteiger charge is -2.25. The van der Waals surface area contributed by atoms with Crippen molar-refractivity contribution in [3.63, 3.8) is 0 Å². The van der Waals surface area contributed by atoms with Crippen molar-refractivity contribution in [2.45, 2.75) is 24.8 Å². The third kappa shape index (κ3) is 4.70. The van der Waals surface area contributed by atoms with Crippen molar-refractivity contribution < 1.29 is 33.0 Å². The summed E-state index contributed by atoms with van der Waals surface area (Å²) in [5.74, 6) is -2.16. The van der Waals surface area contributed by atoms with Crippen LogP contribution in [0.3, 0.4) is 0 Å². The Morgan fingerprint density at radius 1 is 1.09 bits per heavy atom. The zero-order valence-corrected chi connectivity index (χ0v) is 20.1. The predicted molar refractivity (Wildman–Crippen MR) is 126 cm³/mol. The number of carbonyl (C=O) groups is 2. The molecule has 2 aromatic rings. The Hall–Kier alpha value is -3.21. The number of ketones is 1. The minimum atomic E-state index is -3.70. The normalized spacial score (nSPS) is 18.1. The first-order valence-corrected chi connectivity index (χ1v) is 12.3. The maximum absolute atomic E-state index is 12.9. The molecule has 0 aliphatic carbocycles. The number of sulfonamides is 1. The van der Waals surface area contributed by atoms with Crippen LogP contribution in [-0.4, -0.2) is 72.9 Å². The van der Waals surface area contributed by atoms with Gasteiger partial charge in [0.2, 0.25) is 10.0 Å². The van der Waals surface area contributed by atoms with Gasteiger partial charge in [-0.05, 0) is 42.0 Å². The molecule has 1 amide bonds. The largest absolute Gasteiger partial charge is 0.508 e. The lowest BCUT2D eigenvalue weighted by Crippen LogP contribution is -2.32. The van der Waals surface area contributed by atoms with Crippen LogP contribution in [-0.2, 0) is 24.3 Å². The number of phenolic OH excluding ortho intramolecular Hbond substituents is 1. The van der Waals surface area contributed by atoms with Crippen LogP contribution in [0.15, 0.2) is 59.0 Å². The first-order chi connectivity index (χ1) is 16.2. The number of methoxy groups -OCH3 is 1. The van der Waals surface area contributed by atoms with Crippen molar-refractivity contribution >= 4 is 27.5 Å². The number of benzene rings is 2. The van der Waals surface area contributed by atoms with Gasteiger partial charge in [0.1, 0.15) is 11.5 Å². The minimum Gasteiger partial charge on any atom is -0.508 e. The molecule has 9 nitrogen and oxygen atoms in total. The Labute approximate surface area is 198 Å². The van der Waals surface area contributed by atoms with E-state index in [0.29, 0.717) is 18.7 Å². The Morgan fingerprint density at radius 2 is 1.74 bits per heavy atom. The van der Waals surface area contributed by atoms with Gasteiger partial charge in [0.05, 0.1) is 23.1 Å². The van der Waals surface area contributed by atoms with Gasteiger partial charge in [-0.25, -0.2) is 8.42 Å². The van der Waals surface area contributed by atoms with E-state index in [-0.39, 0.29) is 34.9 Å². The summed E-state index contributed by atoms with van der Waals surface area (Å²) in [7, 11) is -2.23. The van der Waals surface area contributed by atoms with Gasteiger partial charge in [-0.1, -0.05) is 26.0 Å². The number of aliphatic hydroxyl groups excluding tert-OH is 1. The Bertz CT molecular complexity index is 1200. The van der Waals surface area contributed by atoms with Gasteiger partial charge >= 0.3 is 0 Å². The fourth-order valence-corrected chi connectivity index (χ4v) is 5.45. The fourth-order valence-electron chi connectivity index (χ4n) is 3.99. The fraction of sp³-hybridized carbons (Fsp3) is 0.333. The maximum Gasteiger partial charge on any atom is 0.295 e. The highest BCUT2D eigenvalue weighted by molar-refractivity contribution is 7.89. The van der Waals surface area contributed by atoms with Crippen molar-refractivity contribution in [3.05, 3.63) is 65.2 Å². The highest BCUT2D eigenvalue weighted by atomic mass is 32.2. The minimum absolute atomic E-state index is 0.0535. The summed E-state index contributed by atoms with van der Waals surface area (Å²) < 4.78 is 31.9. The van der Waals surface area contributed by atoms with E-state index in [4.69, 9.17) is 4.74 Å². The lowest BCUT2D eigenvalue weighted by atomic mass is 9.95. The third-order valence-corrected chi connectivity index (χ3v) is 7.80. The van der Waals surface area contributed by atoms with Crippen molar-refractivity contribution in [2.75, 3.05) is 33.4 Å². The Morgan fingerprint density at radius 3 is 2.29 bits per heavy atom. The maximum atomic E-state index is 12.9. The number of aromatic hydroxyl groups is 1. The SMILES string of the molecule is CCN(CC)S(=O)(=O)c1ccc(/C(O)=C2\C(=O)C(=O)N(CCOC)C2c2cccc(O)c2)cc1. The van der Waals surface area contributed by atoms with Crippen LogP contribution in [0.1, 0.15) is 31.0 Å². The molecular weight excluding hydrogens is 460 g/mol. The molecule has 1 fully saturated rings. The molecule has 182 valence electrons. The van der Waals surface area contributed by atoms with Crippen LogP contribution >= 0.6 is 0 Å². The average Bonchev–Trinajstić information content (AvgIpc) is 3.07. The van der Waals surface area contributed by atoms with E-state index in [2.05, 4.69) is 0 Å². The second-order valence-electron chi connectivity index (χ2n) is 7.69. The number of nitrogens with zero attached hydrogens (tertiary/aromatic N) is 2. The molecular formula is C24H28N2O7S. The Kier molecular flexibility index (Phi) is 7.75. The zero-order chi connectivity index (χ0) is 25.0. The number of likely N-dealkylation sites (tertiary alicyclic amines) is 1. The molecule has 1 unspecified atom stereocenters. The summed E-state index contributed by atoms with van der Waals surface area (Å²) in [6, 6.07) is 10.7. The van der Waals surface area contributed by atoms with Crippen LogP contribution in [0, 0.1) is 0 Å². The van der Waals surface area contributed by atoms with Crippen LogP contribution in [0.5, 0.6) is 5.75 Å². The van der Waals surface area contributed by atoms with Crippen LogP contribution in [0.2, 0.25) is 0 Å². The number of amides is 1. The number of hydrogen-bond donors (Lipinski definition) is 2. The van der Waals surface area contributed by atoms with Gasteiger partial charge < -0.3 is 19.8 Å². The average molecular weight is 489 g/mol. The summed E-state index contributed by atoms with van der Waals surface area (Å²) in [5, 5.41) is 21.0. The topological polar surface area (TPSA) is 124 Å². The summed E-state index contributed by atoms with van der Waals surface area (Å²) in [6.45, 7) is 4.38. The second kappa shape index (κ2) is 10.4. The number of hydrogen-bond acceptors (Lipinski definition) is 7. The zero-order valence-electron chi connectivity index (χ0n) is 19.3. The molecule has 1 saturated heterocycles. The third-order valence-electron chi connectivity index (χ3n) is 5.73. The highest BCUT2D eigenvalue weighted by Gasteiger charge is 2.46. The number of ether oxygens (including phenoxy) is 1. The molecule has 0 radical (unpaired) electrons. The van der Waals surface area contributed by atoms with Crippen LogP contribution < -0.4 is 0 Å². The van der Waals surface area contributed by atoms with Gasteiger partial charge in [-0.15, -0.1) is 0 Å². The lowest BCUT2D eigenvalue weighted by molar-refractivity contribution is -0.140. The molecule has 2 N–H and O–H groups in total. The monoisotopic (exact) mass is 488 g/mol. The first-order valence-electron chi connectivity index (χ1n) is 10.8. The molecule has 10 heteroatoms. The molecule has 0 bridgehead atoms. The van der Waals surface area contributed by atoms with Crippen molar-refractivity contribution in [3.8, 4) is 5.75 Å². The number of aliphatic hydroxyl groups is 1. The molecule has 0 aromatic heterocycles. The van der Waals surface area contributed by atoms with Gasteiger partial charge in [0.25, 0.3) is 11.7 Å². The number of carbonyl (C=O) groups excluding carboxylic acids is 2. The van der Waals surface area contributed by atoms with E-state index >= 15 is 0 Å². The van der Waals surface area contributed by atoms with E-state index in [0.717, 1.165) is 0 Å². The highest BCUT2D eigenvalue weighted by Crippen LogP contribution is 2.40. The summed E-state index contributed by atoms with van der Waals surface area (Å²) >= 11 is 0. The molecule has 0 saturated carbocycles. The van der Waals surface area contributed by atoms with Crippen molar-refractivity contribution in [2.24, 2.45) is 0 Å². The molecule has 1 aliphatic rings. The molecule has 34 heavy (non-hydrogen) atoms. The summed E-state index contributed by atoms with van der Waals surface area (Å²) in [6.07, 6.45) is 0. The molecule has 2 aromatic carbocycles. The number of Topliss-reactive ketones (excluding diaryl/α,β-unsaturated/α-hetero) is 1. The molecule has 1 heterocycles. The van der Waals surface area contributed by atoms with E-state index < -0.39 is 33.5 Å². The number of rotatable bonds is 9. The molecule has 0 spiro atoms. The first kappa shape index (κ1) is 25.4. The van der Waals surface area contributed by atoms with Gasteiger partial charge in [0.15, 0.2) is 0 Å². The van der Waals surface area contributed by atoms with Gasteiger partial charge in [-0.3, -0.25) is 9.59 Å². The molecule has 3 rings (SSSR count). The van der Waals surface area contributed by atoms with Crippen molar-refractivity contribution in [1.29, 1.82) is 0 Å². The summed E-state index contributed by atoms with van der Waals surface area (Å²) in [4.78, 5) is 27.1. The van der Waals surface area contributed by atoms with Crippen LogP contribution in [0.4, 0.5) is 0 Å². The standard InChI is InChI=1S/C24H28N2O7S/c1-4-25(5-2)34(31,32)19-11-9-16(10-12-19)22(28)20-21(17-7-6-8-18(27)15-17)26(13-14-33-3)24(30)23(20)29/h6-12,15,21,27-28H,4-5,13-14H2,1-3H3/b22-20+. The van der Waals surface area contributed by atoms with E-state index in [1.54, 1.807) is 26.0 Å². The van der Waals surface area contributed by atoms with Gasteiger partial charge in [-0.2, -0.15) is 4.31 Å².